The van der Waals surface area contributed by atoms with E-state index in [1.807, 2.05) is 18.7 Å². The highest BCUT2D eigenvalue weighted by atomic mass is 16.5. The standard InChI is InChI=1S/C15H26N4O2/c1-4-5-13-17-15(18-21-13)16-10-12-6-8-19(9-7-12)14(20)11(2)3/h11-12H,4-10H2,1-3H3,(H,16,18). The van der Waals surface area contributed by atoms with Crippen molar-refractivity contribution >= 4 is 11.9 Å². The van der Waals surface area contributed by atoms with Gasteiger partial charge >= 0.3 is 0 Å². The normalized spacial score (nSPS) is 16.5. The first-order valence-electron chi connectivity index (χ1n) is 7.95. The van der Waals surface area contributed by atoms with E-state index in [0.717, 1.165) is 45.3 Å². The summed E-state index contributed by atoms with van der Waals surface area (Å²) in [5.74, 6) is 2.20. The van der Waals surface area contributed by atoms with Gasteiger partial charge in [-0.2, -0.15) is 4.98 Å². The van der Waals surface area contributed by atoms with E-state index in [0.29, 0.717) is 17.8 Å². The average Bonchev–Trinajstić information content (AvgIpc) is 2.93. The van der Waals surface area contributed by atoms with E-state index in [-0.39, 0.29) is 11.8 Å². The Balaban J connectivity index is 1.72. The molecule has 2 heterocycles. The molecular formula is C15H26N4O2. The van der Waals surface area contributed by atoms with E-state index in [1.165, 1.54) is 0 Å². The smallest absolute Gasteiger partial charge is 0.263 e. The molecule has 1 amide bonds. The second-order valence-electron chi connectivity index (χ2n) is 6.07. The van der Waals surface area contributed by atoms with Crippen LogP contribution in [0.4, 0.5) is 5.95 Å². The number of likely N-dealkylation sites (tertiary alicyclic amines) is 1. The number of rotatable bonds is 6. The summed E-state index contributed by atoms with van der Waals surface area (Å²) in [6.07, 6.45) is 3.89. The maximum absolute atomic E-state index is 11.9. The number of hydrogen-bond donors (Lipinski definition) is 1. The summed E-state index contributed by atoms with van der Waals surface area (Å²) in [5, 5.41) is 7.16. The molecule has 1 N–H and O–H groups in total. The monoisotopic (exact) mass is 294 g/mol. The second kappa shape index (κ2) is 7.43. The van der Waals surface area contributed by atoms with Gasteiger partial charge in [-0.25, -0.2) is 0 Å². The fraction of sp³-hybridized carbons (Fsp3) is 0.800. The van der Waals surface area contributed by atoms with Crippen LogP contribution in [0.3, 0.4) is 0 Å². The van der Waals surface area contributed by atoms with Crippen LogP contribution < -0.4 is 5.32 Å². The summed E-state index contributed by atoms with van der Waals surface area (Å²) >= 11 is 0. The number of hydrogen-bond acceptors (Lipinski definition) is 5. The highest BCUT2D eigenvalue weighted by Crippen LogP contribution is 2.19. The molecule has 0 bridgehead atoms. The number of piperidine rings is 1. The molecule has 1 aromatic heterocycles. The Bertz CT molecular complexity index is 450. The van der Waals surface area contributed by atoms with Crippen molar-refractivity contribution in [2.24, 2.45) is 11.8 Å². The number of aromatic nitrogens is 2. The molecule has 1 aromatic rings. The molecule has 1 fully saturated rings. The Morgan fingerprint density at radius 3 is 2.76 bits per heavy atom. The van der Waals surface area contributed by atoms with Gasteiger partial charge in [0.05, 0.1) is 0 Å². The Kier molecular flexibility index (Phi) is 5.59. The number of amides is 1. The molecule has 6 heteroatoms. The summed E-state index contributed by atoms with van der Waals surface area (Å²) in [6.45, 7) is 8.56. The number of carbonyl (C=O) groups excluding carboxylic acids is 1. The third kappa shape index (κ3) is 4.44. The number of carbonyl (C=O) groups is 1. The number of aryl methyl sites for hydroxylation is 1. The van der Waals surface area contributed by atoms with Crippen molar-refractivity contribution in [1.29, 1.82) is 0 Å². The minimum absolute atomic E-state index is 0.0935. The van der Waals surface area contributed by atoms with Gasteiger partial charge in [0, 0.05) is 32.0 Å². The molecule has 1 aliphatic rings. The fourth-order valence-corrected chi connectivity index (χ4v) is 2.60. The lowest BCUT2D eigenvalue weighted by Crippen LogP contribution is -2.41. The van der Waals surface area contributed by atoms with Gasteiger partial charge in [0.2, 0.25) is 11.8 Å². The van der Waals surface area contributed by atoms with Crippen LogP contribution in [-0.4, -0.2) is 40.6 Å². The largest absolute Gasteiger partial charge is 0.351 e. The van der Waals surface area contributed by atoms with Gasteiger partial charge in [-0.1, -0.05) is 20.8 Å². The molecule has 2 rings (SSSR count). The third-order valence-electron chi connectivity index (χ3n) is 3.90. The van der Waals surface area contributed by atoms with E-state index >= 15 is 0 Å². The molecule has 21 heavy (non-hydrogen) atoms. The van der Waals surface area contributed by atoms with Gasteiger partial charge in [-0.3, -0.25) is 4.79 Å². The zero-order valence-electron chi connectivity index (χ0n) is 13.3. The lowest BCUT2D eigenvalue weighted by Gasteiger charge is -2.33. The van der Waals surface area contributed by atoms with Crippen LogP contribution in [0.15, 0.2) is 4.52 Å². The third-order valence-corrected chi connectivity index (χ3v) is 3.90. The molecule has 118 valence electrons. The summed E-state index contributed by atoms with van der Waals surface area (Å²) < 4.78 is 5.14. The average molecular weight is 294 g/mol. The lowest BCUT2D eigenvalue weighted by atomic mass is 9.96. The van der Waals surface area contributed by atoms with Gasteiger partial charge in [-0.15, -0.1) is 0 Å². The SMILES string of the molecule is CCCc1nc(NCC2CCN(C(=O)C(C)C)CC2)no1. The topological polar surface area (TPSA) is 71.3 Å². The zero-order valence-corrected chi connectivity index (χ0v) is 13.3. The maximum atomic E-state index is 11.9. The Morgan fingerprint density at radius 1 is 1.43 bits per heavy atom. The predicted octanol–water partition coefficient (Wildman–Crippen LogP) is 2.33. The maximum Gasteiger partial charge on any atom is 0.263 e. The van der Waals surface area contributed by atoms with Crippen molar-refractivity contribution in [3.8, 4) is 0 Å². The quantitative estimate of drug-likeness (QED) is 0.872. The molecule has 0 radical (unpaired) electrons. The second-order valence-corrected chi connectivity index (χ2v) is 6.07. The van der Waals surface area contributed by atoms with Crippen LogP contribution in [0.5, 0.6) is 0 Å². The number of anilines is 1. The van der Waals surface area contributed by atoms with Gasteiger partial charge in [0.15, 0.2) is 0 Å². The molecule has 6 nitrogen and oxygen atoms in total. The first-order valence-corrected chi connectivity index (χ1v) is 7.95. The highest BCUT2D eigenvalue weighted by molar-refractivity contribution is 5.78. The van der Waals surface area contributed by atoms with Crippen LogP contribution in [-0.2, 0) is 11.2 Å². The van der Waals surface area contributed by atoms with Crippen LogP contribution in [0, 0.1) is 11.8 Å². The molecule has 0 atom stereocenters. The molecule has 0 aromatic carbocycles. The molecule has 0 saturated carbocycles. The van der Waals surface area contributed by atoms with Crippen LogP contribution in [0.25, 0.3) is 0 Å². The van der Waals surface area contributed by atoms with Gasteiger partial charge in [0.25, 0.3) is 5.95 Å². The Morgan fingerprint density at radius 2 is 2.14 bits per heavy atom. The molecular weight excluding hydrogens is 268 g/mol. The number of nitrogens with zero attached hydrogens (tertiary/aromatic N) is 3. The predicted molar refractivity (Wildman–Crippen MR) is 80.9 cm³/mol. The lowest BCUT2D eigenvalue weighted by molar-refractivity contribution is -0.135. The molecule has 0 unspecified atom stereocenters. The number of nitrogens with one attached hydrogen (secondary N) is 1. The Hall–Kier alpha value is -1.59. The minimum atomic E-state index is 0.0935. The van der Waals surface area contributed by atoms with Crippen LogP contribution in [0.1, 0.15) is 45.9 Å². The van der Waals surface area contributed by atoms with Crippen molar-refractivity contribution < 1.29 is 9.32 Å². The van der Waals surface area contributed by atoms with Crippen molar-refractivity contribution in [1.82, 2.24) is 15.0 Å². The zero-order chi connectivity index (χ0) is 15.2. The molecule has 0 aliphatic carbocycles. The van der Waals surface area contributed by atoms with Gasteiger partial charge in [0.1, 0.15) is 0 Å². The summed E-state index contributed by atoms with van der Waals surface area (Å²) in [6, 6.07) is 0. The van der Waals surface area contributed by atoms with E-state index in [4.69, 9.17) is 4.52 Å². The summed E-state index contributed by atoms with van der Waals surface area (Å²) in [7, 11) is 0. The van der Waals surface area contributed by atoms with Crippen LogP contribution in [0.2, 0.25) is 0 Å². The van der Waals surface area contributed by atoms with E-state index in [1.54, 1.807) is 0 Å². The summed E-state index contributed by atoms with van der Waals surface area (Å²) in [4.78, 5) is 18.2. The van der Waals surface area contributed by atoms with Gasteiger partial charge in [-0.05, 0) is 30.3 Å². The van der Waals surface area contributed by atoms with E-state index in [9.17, 15) is 4.79 Å². The van der Waals surface area contributed by atoms with Crippen molar-refractivity contribution in [2.75, 3.05) is 25.0 Å². The van der Waals surface area contributed by atoms with Crippen molar-refractivity contribution in [3.05, 3.63) is 5.89 Å². The Labute approximate surface area is 126 Å². The summed E-state index contributed by atoms with van der Waals surface area (Å²) in [5.41, 5.74) is 0. The van der Waals surface area contributed by atoms with Crippen LogP contribution >= 0.6 is 0 Å². The first-order chi connectivity index (χ1) is 10.1. The minimum Gasteiger partial charge on any atom is -0.351 e. The highest BCUT2D eigenvalue weighted by Gasteiger charge is 2.24. The van der Waals surface area contributed by atoms with E-state index in [2.05, 4.69) is 22.4 Å². The van der Waals surface area contributed by atoms with Crippen molar-refractivity contribution in [3.63, 3.8) is 0 Å². The molecule has 1 saturated heterocycles. The molecule has 0 spiro atoms. The fourth-order valence-electron chi connectivity index (χ4n) is 2.60. The molecule has 1 aliphatic heterocycles. The van der Waals surface area contributed by atoms with Gasteiger partial charge < -0.3 is 14.7 Å². The first kappa shape index (κ1) is 15.8. The van der Waals surface area contributed by atoms with Crippen molar-refractivity contribution in [2.45, 2.75) is 46.5 Å². The van der Waals surface area contributed by atoms with E-state index < -0.39 is 0 Å².